The number of imidazole rings is 1. The minimum Gasteiger partial charge on any atom is -0.408 e. The van der Waals surface area contributed by atoms with Crippen molar-refractivity contribution in [2.24, 2.45) is 0 Å². The van der Waals surface area contributed by atoms with Crippen LogP contribution in [0.15, 0.2) is 70.7 Å². The number of H-pyrrole nitrogens is 1. The molecule has 0 aliphatic carbocycles. The summed E-state index contributed by atoms with van der Waals surface area (Å²) in [6.45, 7) is 0. The van der Waals surface area contributed by atoms with E-state index in [2.05, 4.69) is 15.0 Å². The number of nitrogens with zero attached hydrogens (tertiary/aromatic N) is 3. The van der Waals surface area contributed by atoms with Crippen molar-refractivity contribution in [3.63, 3.8) is 0 Å². The van der Waals surface area contributed by atoms with Gasteiger partial charge in [0.1, 0.15) is 0 Å². The molecular formula is C16H12N4O2. The predicted octanol–water partition coefficient (Wildman–Crippen LogP) is 2.35. The molecule has 1 atom stereocenters. The van der Waals surface area contributed by atoms with Gasteiger partial charge in [0.05, 0.1) is 17.9 Å². The van der Waals surface area contributed by atoms with E-state index in [4.69, 9.17) is 4.42 Å². The second-order valence-electron chi connectivity index (χ2n) is 4.96. The maximum atomic E-state index is 11.3. The largest absolute Gasteiger partial charge is 0.417 e. The van der Waals surface area contributed by atoms with Crippen LogP contribution in [0.3, 0.4) is 0 Å². The summed E-state index contributed by atoms with van der Waals surface area (Å²) in [5.41, 5.74) is 3.33. The lowest BCUT2D eigenvalue weighted by Gasteiger charge is -2.19. The predicted molar refractivity (Wildman–Crippen MR) is 80.5 cm³/mol. The number of benzene rings is 1. The lowest BCUT2D eigenvalue weighted by molar-refractivity contribution is 0.555. The first-order valence-electron chi connectivity index (χ1n) is 6.81. The van der Waals surface area contributed by atoms with Crippen molar-refractivity contribution >= 4 is 11.1 Å². The maximum Gasteiger partial charge on any atom is 0.417 e. The Bertz CT molecular complexity index is 955. The van der Waals surface area contributed by atoms with E-state index in [-0.39, 0.29) is 6.04 Å². The zero-order valence-corrected chi connectivity index (χ0v) is 11.5. The Morgan fingerprint density at radius 3 is 2.68 bits per heavy atom. The van der Waals surface area contributed by atoms with Gasteiger partial charge >= 0.3 is 5.76 Å². The number of fused-ring (bicyclic) bond motifs is 1. The molecule has 0 saturated carbocycles. The molecule has 0 aliphatic heterocycles. The molecule has 0 aliphatic rings. The van der Waals surface area contributed by atoms with E-state index in [0.717, 1.165) is 11.1 Å². The Balaban J connectivity index is 1.90. The minimum atomic E-state index is -0.449. The summed E-state index contributed by atoms with van der Waals surface area (Å²) in [6, 6.07) is 9.55. The topological polar surface area (TPSA) is 76.7 Å². The smallest absolute Gasteiger partial charge is 0.408 e. The lowest BCUT2D eigenvalue weighted by atomic mass is 9.99. The van der Waals surface area contributed by atoms with Gasteiger partial charge in [0, 0.05) is 24.8 Å². The van der Waals surface area contributed by atoms with E-state index < -0.39 is 5.76 Å². The van der Waals surface area contributed by atoms with Gasteiger partial charge in [0.15, 0.2) is 5.58 Å². The van der Waals surface area contributed by atoms with Crippen molar-refractivity contribution in [2.45, 2.75) is 6.04 Å². The van der Waals surface area contributed by atoms with Crippen LogP contribution in [0.5, 0.6) is 0 Å². The van der Waals surface area contributed by atoms with Crippen LogP contribution in [0.4, 0.5) is 0 Å². The second-order valence-corrected chi connectivity index (χ2v) is 4.96. The maximum absolute atomic E-state index is 11.3. The molecule has 1 N–H and O–H groups in total. The normalized spacial score (nSPS) is 12.5. The molecule has 1 unspecified atom stereocenters. The first kappa shape index (κ1) is 12.6. The van der Waals surface area contributed by atoms with Crippen molar-refractivity contribution in [3.8, 4) is 0 Å². The fourth-order valence-electron chi connectivity index (χ4n) is 2.64. The molecule has 22 heavy (non-hydrogen) atoms. The summed E-state index contributed by atoms with van der Waals surface area (Å²) < 4.78 is 7.07. The molecule has 4 aromatic rings. The van der Waals surface area contributed by atoms with Crippen LogP contribution in [0.25, 0.3) is 11.1 Å². The molecule has 6 heteroatoms. The van der Waals surface area contributed by atoms with Crippen LogP contribution in [0.1, 0.15) is 17.2 Å². The Labute approximate surface area is 125 Å². The van der Waals surface area contributed by atoms with Gasteiger partial charge < -0.3 is 8.98 Å². The summed E-state index contributed by atoms with van der Waals surface area (Å²) in [7, 11) is 0. The summed E-state index contributed by atoms with van der Waals surface area (Å²) >= 11 is 0. The van der Waals surface area contributed by atoms with Crippen LogP contribution < -0.4 is 5.76 Å². The summed E-state index contributed by atoms with van der Waals surface area (Å²) in [5, 5.41) is 0. The standard InChI is InChI=1S/C16H12N4O2/c21-16-19-13-9-12(1-2-14(13)22-16)15(20-8-7-18-10-20)11-3-5-17-6-4-11/h1-10,15H,(H,19,21). The van der Waals surface area contributed by atoms with Crippen molar-refractivity contribution in [2.75, 3.05) is 0 Å². The van der Waals surface area contributed by atoms with Crippen molar-refractivity contribution in [3.05, 3.63) is 83.1 Å². The number of hydrogen-bond acceptors (Lipinski definition) is 4. The summed E-state index contributed by atoms with van der Waals surface area (Å²) in [5.74, 6) is -0.449. The second kappa shape index (κ2) is 5.00. The molecule has 4 rings (SSSR count). The Kier molecular flexibility index (Phi) is 2.86. The van der Waals surface area contributed by atoms with E-state index in [1.807, 2.05) is 35.0 Å². The fraction of sp³-hybridized carbons (Fsp3) is 0.0625. The van der Waals surface area contributed by atoms with Crippen molar-refractivity contribution < 1.29 is 4.42 Å². The fourth-order valence-corrected chi connectivity index (χ4v) is 2.64. The highest BCUT2D eigenvalue weighted by atomic mass is 16.4. The number of hydrogen-bond donors (Lipinski definition) is 1. The van der Waals surface area contributed by atoms with Gasteiger partial charge in [-0.25, -0.2) is 9.78 Å². The van der Waals surface area contributed by atoms with E-state index in [9.17, 15) is 4.79 Å². The number of aromatic amines is 1. The van der Waals surface area contributed by atoms with Crippen molar-refractivity contribution in [1.29, 1.82) is 0 Å². The monoisotopic (exact) mass is 292 g/mol. The highest BCUT2D eigenvalue weighted by molar-refractivity contribution is 5.73. The Hall–Kier alpha value is -3.15. The third-order valence-electron chi connectivity index (χ3n) is 3.60. The van der Waals surface area contributed by atoms with Crippen LogP contribution >= 0.6 is 0 Å². The Morgan fingerprint density at radius 2 is 1.91 bits per heavy atom. The van der Waals surface area contributed by atoms with E-state index in [1.54, 1.807) is 31.0 Å². The van der Waals surface area contributed by atoms with Gasteiger partial charge in [-0.05, 0) is 35.4 Å². The average molecular weight is 292 g/mol. The van der Waals surface area contributed by atoms with E-state index in [1.165, 1.54) is 0 Å². The zero-order chi connectivity index (χ0) is 14.9. The molecule has 6 nitrogen and oxygen atoms in total. The SMILES string of the molecule is O=c1[nH]c2cc(C(c3ccncc3)n3ccnc3)ccc2o1. The number of pyridine rings is 1. The van der Waals surface area contributed by atoms with Gasteiger partial charge in [-0.15, -0.1) is 0 Å². The van der Waals surface area contributed by atoms with Gasteiger partial charge in [0.2, 0.25) is 0 Å². The van der Waals surface area contributed by atoms with Gasteiger partial charge in [0.25, 0.3) is 0 Å². The molecule has 3 aromatic heterocycles. The molecule has 0 saturated heterocycles. The first-order chi connectivity index (χ1) is 10.8. The summed E-state index contributed by atoms with van der Waals surface area (Å²) in [6.07, 6.45) is 8.95. The number of oxazole rings is 1. The molecule has 0 radical (unpaired) electrons. The quantitative estimate of drug-likeness (QED) is 0.629. The molecule has 0 spiro atoms. The summed E-state index contributed by atoms with van der Waals surface area (Å²) in [4.78, 5) is 22.2. The zero-order valence-electron chi connectivity index (χ0n) is 11.5. The number of nitrogens with one attached hydrogen (secondary N) is 1. The average Bonchev–Trinajstić information content (AvgIpc) is 3.17. The lowest BCUT2D eigenvalue weighted by Crippen LogP contribution is -2.10. The van der Waals surface area contributed by atoms with Crippen molar-refractivity contribution in [1.82, 2.24) is 19.5 Å². The molecule has 1 aromatic carbocycles. The number of aromatic nitrogens is 4. The van der Waals surface area contributed by atoms with Gasteiger partial charge in [-0.2, -0.15) is 0 Å². The highest BCUT2D eigenvalue weighted by Gasteiger charge is 2.17. The van der Waals surface area contributed by atoms with E-state index in [0.29, 0.717) is 11.1 Å². The molecular weight excluding hydrogens is 280 g/mol. The van der Waals surface area contributed by atoms with Crippen LogP contribution in [0, 0.1) is 0 Å². The van der Waals surface area contributed by atoms with Gasteiger partial charge in [-0.1, -0.05) is 6.07 Å². The molecule has 108 valence electrons. The highest BCUT2D eigenvalue weighted by Crippen LogP contribution is 2.27. The third kappa shape index (κ3) is 2.10. The Morgan fingerprint density at radius 1 is 1.05 bits per heavy atom. The molecule has 3 heterocycles. The third-order valence-corrected chi connectivity index (χ3v) is 3.60. The van der Waals surface area contributed by atoms with Gasteiger partial charge in [-0.3, -0.25) is 9.97 Å². The van der Waals surface area contributed by atoms with Crippen LogP contribution in [-0.2, 0) is 0 Å². The van der Waals surface area contributed by atoms with Crippen LogP contribution in [0.2, 0.25) is 0 Å². The molecule has 0 amide bonds. The minimum absolute atomic E-state index is 0.0479. The first-order valence-corrected chi connectivity index (χ1v) is 6.81. The number of rotatable bonds is 3. The molecule has 0 bridgehead atoms. The van der Waals surface area contributed by atoms with Crippen LogP contribution in [-0.4, -0.2) is 19.5 Å². The van der Waals surface area contributed by atoms with E-state index >= 15 is 0 Å². The molecule has 0 fully saturated rings.